The second-order valence-electron chi connectivity index (χ2n) is 7.16. The number of halogens is 2. The fourth-order valence-electron chi connectivity index (χ4n) is 3.58. The minimum absolute atomic E-state index is 0.0354. The van der Waals surface area contributed by atoms with Crippen LogP contribution in [0.25, 0.3) is 10.6 Å². The van der Waals surface area contributed by atoms with Crippen molar-refractivity contribution < 1.29 is 22.3 Å². The first-order valence-corrected chi connectivity index (χ1v) is 11.1. The SMILES string of the molecule is Cc1cnc(-c2ccc(OC[C@@H]3CC(F)(F)CC[C@H]3CCNS(=O)O)cc2)s1. The van der Waals surface area contributed by atoms with Crippen molar-refractivity contribution in [1.82, 2.24) is 9.71 Å². The Labute approximate surface area is 169 Å². The zero-order valence-corrected chi connectivity index (χ0v) is 17.2. The van der Waals surface area contributed by atoms with Crippen molar-refractivity contribution in [2.45, 2.75) is 38.5 Å². The van der Waals surface area contributed by atoms with Crippen LogP contribution in [0.4, 0.5) is 8.78 Å². The van der Waals surface area contributed by atoms with Gasteiger partial charge in [-0.05, 0) is 49.9 Å². The van der Waals surface area contributed by atoms with Crippen LogP contribution in [0.15, 0.2) is 30.5 Å². The Morgan fingerprint density at radius 1 is 1.36 bits per heavy atom. The van der Waals surface area contributed by atoms with Gasteiger partial charge in [-0.15, -0.1) is 11.3 Å². The highest BCUT2D eigenvalue weighted by atomic mass is 32.2. The van der Waals surface area contributed by atoms with Crippen LogP contribution >= 0.6 is 11.3 Å². The van der Waals surface area contributed by atoms with Crippen LogP contribution in [0.5, 0.6) is 5.75 Å². The van der Waals surface area contributed by atoms with Crippen molar-refractivity contribution in [1.29, 1.82) is 0 Å². The van der Waals surface area contributed by atoms with E-state index in [1.54, 1.807) is 11.3 Å². The minimum atomic E-state index is -2.68. The molecule has 2 N–H and O–H groups in total. The minimum Gasteiger partial charge on any atom is -0.493 e. The molecule has 3 rings (SSSR count). The van der Waals surface area contributed by atoms with E-state index in [-0.39, 0.29) is 31.3 Å². The van der Waals surface area contributed by atoms with Crippen molar-refractivity contribution in [3.63, 3.8) is 0 Å². The number of alkyl halides is 2. The standard InChI is InChI=1S/C19H24F2N2O3S2/c1-13-11-22-18(27-13)15-2-4-17(5-3-15)26-12-16-10-19(20,21)8-6-14(16)7-9-23-28(24)25/h2-5,11,14,16,23H,6-10,12H2,1H3,(H,24,25)/t14-,16-/m0/s1. The summed E-state index contributed by atoms with van der Waals surface area (Å²) in [6.45, 7) is 2.53. The van der Waals surface area contributed by atoms with Crippen LogP contribution in [-0.2, 0) is 11.3 Å². The van der Waals surface area contributed by atoms with E-state index in [0.717, 1.165) is 15.4 Å². The van der Waals surface area contributed by atoms with Gasteiger partial charge >= 0.3 is 0 Å². The molecule has 1 fully saturated rings. The summed E-state index contributed by atoms with van der Waals surface area (Å²) in [5.74, 6) is -2.30. The molecule has 154 valence electrons. The second-order valence-corrected chi connectivity index (χ2v) is 9.18. The van der Waals surface area contributed by atoms with Gasteiger partial charge in [-0.3, -0.25) is 4.55 Å². The maximum atomic E-state index is 13.9. The molecular formula is C19H24F2N2O3S2. The normalized spacial score (nSPS) is 22.7. The highest BCUT2D eigenvalue weighted by Gasteiger charge is 2.41. The Bertz CT molecular complexity index is 799. The molecule has 3 atom stereocenters. The summed E-state index contributed by atoms with van der Waals surface area (Å²) in [5, 5.41) is 0.935. The van der Waals surface area contributed by atoms with Crippen LogP contribution in [-0.4, -0.2) is 32.8 Å². The van der Waals surface area contributed by atoms with E-state index in [0.29, 0.717) is 25.1 Å². The summed E-state index contributed by atoms with van der Waals surface area (Å²) in [4.78, 5) is 5.49. The second kappa shape index (κ2) is 9.39. The van der Waals surface area contributed by atoms with Gasteiger partial charge in [0.1, 0.15) is 10.8 Å². The number of thiazole rings is 1. The lowest BCUT2D eigenvalue weighted by molar-refractivity contribution is -0.0776. The van der Waals surface area contributed by atoms with Crippen LogP contribution in [0.2, 0.25) is 0 Å². The molecule has 1 unspecified atom stereocenters. The molecule has 0 aliphatic heterocycles. The molecule has 5 nitrogen and oxygen atoms in total. The summed E-state index contributed by atoms with van der Waals surface area (Å²) in [6, 6.07) is 7.50. The summed E-state index contributed by atoms with van der Waals surface area (Å²) in [7, 11) is 0. The number of nitrogens with one attached hydrogen (secondary N) is 1. The molecule has 0 amide bonds. The van der Waals surface area contributed by atoms with E-state index in [2.05, 4.69) is 9.71 Å². The molecule has 28 heavy (non-hydrogen) atoms. The largest absolute Gasteiger partial charge is 0.493 e. The van der Waals surface area contributed by atoms with Crippen LogP contribution in [0.3, 0.4) is 0 Å². The molecule has 9 heteroatoms. The maximum Gasteiger partial charge on any atom is 0.248 e. The first-order valence-electron chi connectivity index (χ1n) is 9.20. The smallest absolute Gasteiger partial charge is 0.248 e. The van der Waals surface area contributed by atoms with Crippen molar-refractivity contribution in [3.8, 4) is 16.3 Å². The molecule has 0 radical (unpaired) electrons. The number of hydrogen-bond donors (Lipinski definition) is 2. The van der Waals surface area contributed by atoms with Gasteiger partial charge in [0.15, 0.2) is 0 Å². The number of hydrogen-bond acceptors (Lipinski definition) is 4. The van der Waals surface area contributed by atoms with Crippen molar-refractivity contribution in [2.75, 3.05) is 13.2 Å². The Morgan fingerprint density at radius 2 is 2.11 bits per heavy atom. The molecule has 1 aliphatic rings. The average molecular weight is 431 g/mol. The van der Waals surface area contributed by atoms with Gasteiger partial charge in [-0.1, -0.05) is 0 Å². The molecular weight excluding hydrogens is 406 g/mol. The lowest BCUT2D eigenvalue weighted by atomic mass is 9.76. The van der Waals surface area contributed by atoms with E-state index in [9.17, 15) is 13.0 Å². The van der Waals surface area contributed by atoms with Gasteiger partial charge in [0.25, 0.3) is 0 Å². The molecule has 0 spiro atoms. The van der Waals surface area contributed by atoms with Gasteiger partial charge in [0.2, 0.25) is 17.2 Å². The van der Waals surface area contributed by atoms with Crippen LogP contribution < -0.4 is 9.46 Å². The van der Waals surface area contributed by atoms with Gasteiger partial charge < -0.3 is 4.74 Å². The molecule has 1 aromatic carbocycles. The summed E-state index contributed by atoms with van der Waals surface area (Å²) in [6.07, 6.45) is 2.44. The van der Waals surface area contributed by atoms with E-state index >= 15 is 0 Å². The molecule has 1 aromatic heterocycles. The van der Waals surface area contributed by atoms with Gasteiger partial charge in [0.05, 0.1) is 6.61 Å². The maximum absolute atomic E-state index is 13.9. The number of nitrogens with zero attached hydrogens (tertiary/aromatic N) is 1. The molecule has 1 aliphatic carbocycles. The molecule has 1 heterocycles. The van der Waals surface area contributed by atoms with Crippen molar-refractivity contribution in [2.24, 2.45) is 11.8 Å². The zero-order chi connectivity index (χ0) is 20.1. The number of aryl methyl sites for hydroxylation is 1. The van der Waals surface area contributed by atoms with Crippen molar-refractivity contribution >= 4 is 22.6 Å². The zero-order valence-electron chi connectivity index (χ0n) is 15.6. The highest BCUT2D eigenvalue weighted by molar-refractivity contribution is 7.77. The molecule has 1 saturated carbocycles. The number of ether oxygens (including phenoxy) is 1. The van der Waals surface area contributed by atoms with Gasteiger partial charge in [-0.2, -0.15) is 0 Å². The monoisotopic (exact) mass is 430 g/mol. The van der Waals surface area contributed by atoms with Crippen LogP contribution in [0.1, 0.15) is 30.6 Å². The number of benzene rings is 1. The molecule has 2 aromatic rings. The Hall–Kier alpha value is -1.42. The Morgan fingerprint density at radius 3 is 2.75 bits per heavy atom. The lowest BCUT2D eigenvalue weighted by Gasteiger charge is -2.36. The number of rotatable bonds is 8. The fourth-order valence-corrected chi connectivity index (χ4v) is 4.64. The topological polar surface area (TPSA) is 71.5 Å². The first-order chi connectivity index (χ1) is 13.3. The Balaban J connectivity index is 1.58. The van der Waals surface area contributed by atoms with E-state index in [1.807, 2.05) is 37.4 Å². The summed E-state index contributed by atoms with van der Waals surface area (Å²) < 4.78 is 55.5. The third kappa shape index (κ3) is 6.04. The summed E-state index contributed by atoms with van der Waals surface area (Å²) in [5.41, 5.74) is 0.996. The number of aromatic nitrogens is 1. The fraction of sp³-hybridized carbons (Fsp3) is 0.526. The quantitative estimate of drug-likeness (QED) is 0.597. The lowest BCUT2D eigenvalue weighted by Crippen LogP contribution is -2.37. The first kappa shape index (κ1) is 21.3. The van der Waals surface area contributed by atoms with E-state index in [4.69, 9.17) is 9.29 Å². The third-order valence-corrected chi connectivity index (χ3v) is 6.45. The molecule has 0 saturated heterocycles. The third-order valence-electron chi connectivity index (χ3n) is 5.04. The summed E-state index contributed by atoms with van der Waals surface area (Å²) >= 11 is -0.469. The molecule has 0 bridgehead atoms. The van der Waals surface area contributed by atoms with E-state index < -0.39 is 17.2 Å². The van der Waals surface area contributed by atoms with Gasteiger partial charge in [0, 0.05) is 41.9 Å². The highest BCUT2D eigenvalue weighted by Crippen LogP contribution is 2.41. The predicted octanol–water partition coefficient (Wildman–Crippen LogP) is 4.67. The predicted molar refractivity (Wildman–Crippen MR) is 107 cm³/mol. The van der Waals surface area contributed by atoms with Gasteiger partial charge in [-0.25, -0.2) is 22.7 Å². The Kier molecular flexibility index (Phi) is 7.14. The van der Waals surface area contributed by atoms with Crippen LogP contribution in [0, 0.1) is 18.8 Å². The van der Waals surface area contributed by atoms with E-state index in [1.165, 1.54) is 0 Å². The average Bonchev–Trinajstić information content (AvgIpc) is 3.08. The van der Waals surface area contributed by atoms with Crippen molar-refractivity contribution in [3.05, 3.63) is 35.3 Å².